The Morgan fingerprint density at radius 3 is 1.94 bits per heavy atom. The standard InChI is InChI=1S/C26H35Cl2F3/c1-2-3-4-5-18-6-8-19(9-7-18)20-10-12-21(13-11-20)22-16-24(27)23(25(28)17-22)14-15-26(29,30)31/h14-21H,2-13H2,1H3/b15-14+. The first-order valence-corrected chi connectivity index (χ1v) is 12.8. The van der Waals surface area contributed by atoms with Crippen LogP contribution in [-0.4, -0.2) is 6.18 Å². The van der Waals surface area contributed by atoms with Gasteiger partial charge < -0.3 is 0 Å². The van der Waals surface area contributed by atoms with Crippen molar-refractivity contribution >= 4 is 29.3 Å². The molecule has 0 N–H and O–H groups in total. The molecule has 0 heterocycles. The topological polar surface area (TPSA) is 0 Å². The van der Waals surface area contributed by atoms with Gasteiger partial charge in [-0.1, -0.05) is 68.7 Å². The molecule has 0 aromatic heterocycles. The van der Waals surface area contributed by atoms with E-state index >= 15 is 0 Å². The molecule has 174 valence electrons. The number of halogens is 5. The quantitative estimate of drug-likeness (QED) is 0.344. The van der Waals surface area contributed by atoms with Crippen molar-refractivity contribution in [2.45, 2.75) is 96.1 Å². The SMILES string of the molecule is CCCCCC1CCC(C2CCC(c3cc(Cl)c(/C=C/C(F)(F)F)c(Cl)c3)CC2)CC1. The van der Waals surface area contributed by atoms with Gasteiger partial charge in [0.15, 0.2) is 0 Å². The molecule has 0 saturated heterocycles. The molecule has 1 aromatic carbocycles. The van der Waals surface area contributed by atoms with Crippen LogP contribution in [0.2, 0.25) is 10.0 Å². The van der Waals surface area contributed by atoms with Gasteiger partial charge in [-0.3, -0.25) is 0 Å². The Morgan fingerprint density at radius 2 is 1.42 bits per heavy atom. The molecule has 0 bridgehead atoms. The highest BCUT2D eigenvalue weighted by Gasteiger charge is 2.31. The number of unbranched alkanes of at least 4 members (excludes halogenated alkanes) is 2. The summed E-state index contributed by atoms with van der Waals surface area (Å²) in [4.78, 5) is 0. The number of allylic oxidation sites excluding steroid dienone is 1. The maximum atomic E-state index is 12.5. The van der Waals surface area contributed by atoms with Gasteiger partial charge in [0, 0.05) is 21.7 Å². The van der Waals surface area contributed by atoms with Crippen LogP contribution in [0, 0.1) is 17.8 Å². The minimum atomic E-state index is -4.38. The molecule has 0 nitrogen and oxygen atoms in total. The van der Waals surface area contributed by atoms with Gasteiger partial charge in [0.1, 0.15) is 0 Å². The van der Waals surface area contributed by atoms with Gasteiger partial charge in [0.2, 0.25) is 0 Å². The molecule has 0 unspecified atom stereocenters. The summed E-state index contributed by atoms with van der Waals surface area (Å²) in [5.74, 6) is 3.06. The van der Waals surface area contributed by atoms with E-state index in [1.165, 1.54) is 64.2 Å². The van der Waals surface area contributed by atoms with Crippen LogP contribution < -0.4 is 0 Å². The van der Waals surface area contributed by atoms with E-state index < -0.39 is 6.18 Å². The molecule has 5 heteroatoms. The third kappa shape index (κ3) is 7.42. The maximum Gasteiger partial charge on any atom is 0.409 e. The zero-order chi connectivity index (χ0) is 22.4. The summed E-state index contributed by atoms with van der Waals surface area (Å²) in [5, 5.41) is 0.595. The van der Waals surface area contributed by atoms with Crippen LogP contribution in [0.3, 0.4) is 0 Å². The van der Waals surface area contributed by atoms with Crippen LogP contribution in [-0.2, 0) is 0 Å². The molecule has 2 saturated carbocycles. The van der Waals surface area contributed by atoms with E-state index in [2.05, 4.69) is 6.92 Å². The van der Waals surface area contributed by atoms with Crippen molar-refractivity contribution in [1.29, 1.82) is 0 Å². The second-order valence-electron chi connectivity index (χ2n) is 9.66. The van der Waals surface area contributed by atoms with Crippen LogP contribution in [0.4, 0.5) is 13.2 Å². The van der Waals surface area contributed by atoms with Crippen molar-refractivity contribution in [2.24, 2.45) is 17.8 Å². The van der Waals surface area contributed by atoms with Crippen LogP contribution in [0.15, 0.2) is 18.2 Å². The Balaban J connectivity index is 1.51. The van der Waals surface area contributed by atoms with E-state index in [4.69, 9.17) is 23.2 Å². The Bertz CT molecular complexity index is 702. The summed E-state index contributed by atoms with van der Waals surface area (Å²) in [6.45, 7) is 2.27. The fraction of sp³-hybridized carbons (Fsp3) is 0.692. The fourth-order valence-corrected chi connectivity index (χ4v) is 6.36. The summed E-state index contributed by atoms with van der Waals surface area (Å²) in [6, 6.07) is 3.63. The minimum absolute atomic E-state index is 0.184. The number of rotatable bonds is 7. The average Bonchev–Trinajstić information content (AvgIpc) is 2.73. The van der Waals surface area contributed by atoms with Gasteiger partial charge in [-0.2, -0.15) is 13.2 Å². The third-order valence-corrected chi connectivity index (χ3v) is 8.18. The fourth-order valence-electron chi connectivity index (χ4n) is 5.73. The lowest BCUT2D eigenvalue weighted by molar-refractivity contribution is -0.0790. The molecule has 0 radical (unpaired) electrons. The lowest BCUT2D eigenvalue weighted by Gasteiger charge is -2.38. The number of benzene rings is 1. The molecule has 1 aromatic rings. The first-order chi connectivity index (χ1) is 14.8. The molecular weight excluding hydrogens is 440 g/mol. The summed E-state index contributed by atoms with van der Waals surface area (Å²) in [5.41, 5.74) is 1.31. The van der Waals surface area contributed by atoms with Crippen LogP contribution in [0.5, 0.6) is 0 Å². The molecule has 31 heavy (non-hydrogen) atoms. The third-order valence-electron chi connectivity index (χ3n) is 7.56. The predicted octanol–water partition coefficient (Wildman–Crippen LogP) is 10.2. The first kappa shape index (κ1) is 25.0. The minimum Gasteiger partial charge on any atom is -0.167 e. The zero-order valence-electron chi connectivity index (χ0n) is 18.5. The Morgan fingerprint density at radius 1 is 0.871 bits per heavy atom. The Kier molecular flexibility index (Phi) is 9.22. The number of hydrogen-bond acceptors (Lipinski definition) is 0. The smallest absolute Gasteiger partial charge is 0.167 e. The van der Waals surface area contributed by atoms with Crippen molar-refractivity contribution in [3.05, 3.63) is 39.4 Å². The summed E-state index contributed by atoms with van der Waals surface area (Å²) < 4.78 is 37.4. The second-order valence-corrected chi connectivity index (χ2v) is 10.5. The van der Waals surface area contributed by atoms with Crippen molar-refractivity contribution in [2.75, 3.05) is 0 Å². The molecule has 3 rings (SSSR count). The molecule has 2 aliphatic carbocycles. The van der Waals surface area contributed by atoms with E-state index in [9.17, 15) is 13.2 Å². The van der Waals surface area contributed by atoms with Gasteiger partial charge in [0.05, 0.1) is 0 Å². The Labute approximate surface area is 195 Å². The van der Waals surface area contributed by atoms with E-state index in [-0.39, 0.29) is 11.6 Å². The lowest BCUT2D eigenvalue weighted by atomic mass is 9.68. The predicted molar refractivity (Wildman–Crippen MR) is 126 cm³/mol. The van der Waals surface area contributed by atoms with E-state index in [0.29, 0.717) is 16.0 Å². The largest absolute Gasteiger partial charge is 0.409 e. The summed E-state index contributed by atoms with van der Waals surface area (Å²) in [6.07, 6.45) is 12.6. The highest BCUT2D eigenvalue weighted by Crippen LogP contribution is 2.45. The van der Waals surface area contributed by atoms with Crippen molar-refractivity contribution in [1.82, 2.24) is 0 Å². The summed E-state index contributed by atoms with van der Waals surface area (Å²) in [7, 11) is 0. The van der Waals surface area contributed by atoms with Crippen LogP contribution >= 0.6 is 23.2 Å². The monoisotopic (exact) mass is 474 g/mol. The highest BCUT2D eigenvalue weighted by atomic mass is 35.5. The average molecular weight is 475 g/mol. The molecule has 0 atom stereocenters. The van der Waals surface area contributed by atoms with E-state index in [1.54, 1.807) is 0 Å². The van der Waals surface area contributed by atoms with E-state index in [0.717, 1.165) is 42.2 Å². The first-order valence-electron chi connectivity index (χ1n) is 12.0. The van der Waals surface area contributed by atoms with Crippen molar-refractivity contribution < 1.29 is 13.2 Å². The highest BCUT2D eigenvalue weighted by molar-refractivity contribution is 6.37. The molecule has 2 aliphatic rings. The normalized spacial score (nSPS) is 27.7. The lowest BCUT2D eigenvalue weighted by Crippen LogP contribution is -2.25. The van der Waals surface area contributed by atoms with Crippen LogP contribution in [0.25, 0.3) is 6.08 Å². The number of hydrogen-bond donors (Lipinski definition) is 0. The van der Waals surface area contributed by atoms with Gasteiger partial charge in [0.25, 0.3) is 0 Å². The van der Waals surface area contributed by atoms with Crippen molar-refractivity contribution in [3.63, 3.8) is 0 Å². The molecule has 2 fully saturated rings. The molecule has 0 aliphatic heterocycles. The molecular formula is C26H35Cl2F3. The summed E-state index contributed by atoms with van der Waals surface area (Å²) >= 11 is 12.6. The molecule has 0 spiro atoms. The Hall–Kier alpha value is -0.670. The number of alkyl halides is 3. The van der Waals surface area contributed by atoms with Gasteiger partial charge >= 0.3 is 6.18 Å². The van der Waals surface area contributed by atoms with Crippen molar-refractivity contribution in [3.8, 4) is 0 Å². The van der Waals surface area contributed by atoms with Gasteiger partial charge in [-0.05, 0) is 86.0 Å². The zero-order valence-corrected chi connectivity index (χ0v) is 20.0. The van der Waals surface area contributed by atoms with E-state index in [1.807, 2.05) is 12.1 Å². The van der Waals surface area contributed by atoms with Crippen LogP contribution in [0.1, 0.15) is 101 Å². The van der Waals surface area contributed by atoms with Gasteiger partial charge in [-0.15, -0.1) is 0 Å². The second kappa shape index (κ2) is 11.5. The van der Waals surface area contributed by atoms with Gasteiger partial charge in [-0.25, -0.2) is 0 Å². The maximum absolute atomic E-state index is 12.5. The molecule has 0 amide bonds.